The zero-order valence-electron chi connectivity index (χ0n) is 12.0. The highest BCUT2D eigenvalue weighted by molar-refractivity contribution is 5.50. The molecule has 7 nitrogen and oxygen atoms in total. The monoisotopic (exact) mass is 296 g/mol. The summed E-state index contributed by atoms with van der Waals surface area (Å²) in [5, 5.41) is 8.35. The van der Waals surface area contributed by atoms with Gasteiger partial charge in [-0.15, -0.1) is 10.2 Å². The highest BCUT2D eigenvalue weighted by Gasteiger charge is 2.28. The van der Waals surface area contributed by atoms with Gasteiger partial charge in [-0.25, -0.2) is 4.98 Å². The van der Waals surface area contributed by atoms with E-state index in [2.05, 4.69) is 30.0 Å². The summed E-state index contributed by atoms with van der Waals surface area (Å²) < 4.78 is 5.82. The van der Waals surface area contributed by atoms with Gasteiger partial charge in [0.25, 0.3) is 0 Å². The molecule has 0 spiro atoms. The van der Waals surface area contributed by atoms with Gasteiger partial charge in [0.2, 0.25) is 11.8 Å². The van der Waals surface area contributed by atoms with E-state index < -0.39 is 0 Å². The Morgan fingerprint density at radius 3 is 3.14 bits per heavy atom. The summed E-state index contributed by atoms with van der Waals surface area (Å²) in [7, 11) is 0. The van der Waals surface area contributed by atoms with E-state index in [1.165, 1.54) is 0 Å². The van der Waals surface area contributed by atoms with Gasteiger partial charge in [0.1, 0.15) is 5.82 Å². The van der Waals surface area contributed by atoms with Crippen molar-refractivity contribution in [1.29, 1.82) is 0 Å². The Labute approximate surface area is 127 Å². The van der Waals surface area contributed by atoms with Gasteiger partial charge in [-0.1, -0.05) is 0 Å². The van der Waals surface area contributed by atoms with Crippen molar-refractivity contribution < 1.29 is 4.42 Å². The van der Waals surface area contributed by atoms with Crippen molar-refractivity contribution in [3.63, 3.8) is 0 Å². The van der Waals surface area contributed by atoms with Gasteiger partial charge in [0.15, 0.2) is 0 Å². The van der Waals surface area contributed by atoms with Gasteiger partial charge in [0.05, 0.1) is 18.0 Å². The van der Waals surface area contributed by atoms with E-state index in [0.717, 1.165) is 37.4 Å². The predicted molar refractivity (Wildman–Crippen MR) is 78.8 cm³/mol. The average Bonchev–Trinajstić information content (AvgIpc) is 3.30. The smallest absolute Gasteiger partial charge is 0.249 e. The molecule has 1 N–H and O–H groups in total. The molecule has 0 aliphatic carbocycles. The average molecular weight is 296 g/mol. The van der Waals surface area contributed by atoms with Gasteiger partial charge in [0, 0.05) is 31.3 Å². The van der Waals surface area contributed by atoms with E-state index in [-0.39, 0.29) is 5.92 Å². The van der Waals surface area contributed by atoms with E-state index in [9.17, 15) is 0 Å². The number of pyridine rings is 1. The number of aromatic amines is 1. The van der Waals surface area contributed by atoms with Gasteiger partial charge < -0.3 is 9.40 Å². The molecule has 4 rings (SSSR count). The number of rotatable bonds is 4. The number of hydrogen-bond acceptors (Lipinski definition) is 6. The highest BCUT2D eigenvalue weighted by atomic mass is 16.4. The molecule has 3 aromatic rings. The molecule has 0 radical (unpaired) electrons. The van der Waals surface area contributed by atoms with Crippen LogP contribution in [0.1, 0.15) is 24.1 Å². The third kappa shape index (κ3) is 2.62. The zero-order valence-corrected chi connectivity index (χ0v) is 12.0. The van der Waals surface area contributed by atoms with Crippen molar-refractivity contribution in [1.82, 2.24) is 30.0 Å². The van der Waals surface area contributed by atoms with Crippen LogP contribution in [0, 0.1) is 0 Å². The van der Waals surface area contributed by atoms with Crippen molar-refractivity contribution in [2.45, 2.75) is 18.9 Å². The van der Waals surface area contributed by atoms with Gasteiger partial charge in [-0.3, -0.25) is 9.88 Å². The fourth-order valence-electron chi connectivity index (χ4n) is 2.78. The Hall–Kier alpha value is -2.54. The van der Waals surface area contributed by atoms with Gasteiger partial charge >= 0.3 is 0 Å². The van der Waals surface area contributed by atoms with Crippen LogP contribution in [-0.2, 0) is 6.54 Å². The molecular weight excluding hydrogens is 280 g/mol. The molecule has 4 heterocycles. The summed E-state index contributed by atoms with van der Waals surface area (Å²) in [6.45, 7) is 2.75. The van der Waals surface area contributed by atoms with Crippen molar-refractivity contribution in [3.05, 3.63) is 48.6 Å². The SMILES string of the molecule is c1cncc(-c2nnc([C@H]3CCN(Cc4ncc[nH]4)C3)o2)c1. The Bertz CT molecular complexity index is 724. The van der Waals surface area contributed by atoms with E-state index in [4.69, 9.17) is 4.42 Å². The van der Waals surface area contributed by atoms with E-state index in [1.807, 2.05) is 18.3 Å². The molecule has 0 bridgehead atoms. The summed E-state index contributed by atoms with van der Waals surface area (Å²) in [5.41, 5.74) is 0.853. The summed E-state index contributed by atoms with van der Waals surface area (Å²) in [6, 6.07) is 3.78. The largest absolute Gasteiger partial charge is 0.420 e. The second-order valence-electron chi connectivity index (χ2n) is 5.44. The second-order valence-corrected chi connectivity index (χ2v) is 5.44. The standard InChI is InChI=1S/C15H16N6O/c1-2-11(8-16-4-1)14-19-20-15(22-14)12-3-7-21(9-12)10-13-17-5-6-18-13/h1-2,4-6,8,12H,3,7,9-10H2,(H,17,18)/t12-/m0/s1. The van der Waals surface area contributed by atoms with Crippen molar-refractivity contribution in [2.75, 3.05) is 13.1 Å². The molecule has 1 saturated heterocycles. The van der Waals surface area contributed by atoms with Crippen molar-refractivity contribution >= 4 is 0 Å². The normalized spacial score (nSPS) is 18.8. The molecule has 1 aliphatic rings. The van der Waals surface area contributed by atoms with Crippen LogP contribution in [0.3, 0.4) is 0 Å². The lowest BCUT2D eigenvalue weighted by molar-refractivity contribution is 0.313. The molecule has 1 atom stereocenters. The maximum Gasteiger partial charge on any atom is 0.249 e. The first-order chi connectivity index (χ1) is 10.9. The topological polar surface area (TPSA) is 83.7 Å². The van der Waals surface area contributed by atoms with Crippen LogP contribution in [-0.4, -0.2) is 43.1 Å². The molecular formula is C15H16N6O. The minimum Gasteiger partial charge on any atom is -0.420 e. The van der Waals surface area contributed by atoms with Crippen molar-refractivity contribution in [3.8, 4) is 11.5 Å². The summed E-state index contributed by atoms with van der Waals surface area (Å²) in [6.07, 6.45) is 8.11. The molecule has 112 valence electrons. The minimum atomic E-state index is 0.285. The van der Waals surface area contributed by atoms with E-state index in [1.54, 1.807) is 18.6 Å². The third-order valence-corrected chi connectivity index (χ3v) is 3.90. The lowest BCUT2D eigenvalue weighted by Crippen LogP contribution is -2.20. The fraction of sp³-hybridized carbons (Fsp3) is 0.333. The first-order valence-corrected chi connectivity index (χ1v) is 7.33. The molecule has 0 aromatic carbocycles. The van der Waals surface area contributed by atoms with Crippen LogP contribution in [0.15, 0.2) is 41.3 Å². The predicted octanol–water partition coefficient (Wildman–Crippen LogP) is 1.84. The molecule has 0 unspecified atom stereocenters. The first-order valence-electron chi connectivity index (χ1n) is 7.33. The van der Waals surface area contributed by atoms with Crippen LogP contribution in [0.25, 0.3) is 11.5 Å². The molecule has 22 heavy (non-hydrogen) atoms. The zero-order chi connectivity index (χ0) is 14.8. The Morgan fingerprint density at radius 1 is 1.32 bits per heavy atom. The minimum absolute atomic E-state index is 0.285. The Kier molecular flexibility index (Phi) is 3.40. The van der Waals surface area contributed by atoms with Crippen LogP contribution < -0.4 is 0 Å². The van der Waals surface area contributed by atoms with Gasteiger partial charge in [-0.05, 0) is 25.1 Å². The highest BCUT2D eigenvalue weighted by Crippen LogP contribution is 2.28. The Balaban J connectivity index is 1.44. The number of aromatic nitrogens is 5. The second kappa shape index (κ2) is 5.69. The summed E-state index contributed by atoms with van der Waals surface area (Å²) in [4.78, 5) is 13.8. The maximum absolute atomic E-state index is 5.82. The molecule has 7 heteroatoms. The van der Waals surface area contributed by atoms with Crippen LogP contribution in [0.2, 0.25) is 0 Å². The number of likely N-dealkylation sites (tertiary alicyclic amines) is 1. The van der Waals surface area contributed by atoms with Gasteiger partial charge in [-0.2, -0.15) is 0 Å². The number of imidazole rings is 1. The molecule has 0 amide bonds. The van der Waals surface area contributed by atoms with E-state index >= 15 is 0 Å². The lowest BCUT2D eigenvalue weighted by Gasteiger charge is -2.12. The molecule has 0 saturated carbocycles. The number of hydrogen-bond donors (Lipinski definition) is 1. The number of nitrogens with one attached hydrogen (secondary N) is 1. The summed E-state index contributed by atoms with van der Waals surface area (Å²) in [5.74, 6) is 2.52. The van der Waals surface area contributed by atoms with Crippen LogP contribution >= 0.6 is 0 Å². The molecule has 3 aromatic heterocycles. The number of nitrogens with zero attached hydrogens (tertiary/aromatic N) is 5. The van der Waals surface area contributed by atoms with Crippen molar-refractivity contribution in [2.24, 2.45) is 0 Å². The van der Waals surface area contributed by atoms with E-state index in [0.29, 0.717) is 11.8 Å². The molecule has 1 aliphatic heterocycles. The quantitative estimate of drug-likeness (QED) is 0.791. The van der Waals surface area contributed by atoms with Crippen LogP contribution in [0.5, 0.6) is 0 Å². The summed E-state index contributed by atoms with van der Waals surface area (Å²) >= 11 is 0. The fourth-order valence-corrected chi connectivity index (χ4v) is 2.78. The lowest BCUT2D eigenvalue weighted by atomic mass is 10.1. The third-order valence-electron chi connectivity index (χ3n) is 3.90. The number of H-pyrrole nitrogens is 1. The maximum atomic E-state index is 5.82. The first kappa shape index (κ1) is 13.1. The Morgan fingerprint density at radius 2 is 2.32 bits per heavy atom. The van der Waals surface area contributed by atoms with Crippen LogP contribution in [0.4, 0.5) is 0 Å². The molecule has 1 fully saturated rings.